The van der Waals surface area contributed by atoms with Crippen molar-refractivity contribution >= 4 is 0 Å². The lowest BCUT2D eigenvalue weighted by Crippen LogP contribution is -2.25. The van der Waals surface area contributed by atoms with Crippen LogP contribution in [-0.4, -0.2) is 13.1 Å². The summed E-state index contributed by atoms with van der Waals surface area (Å²) in [5, 5.41) is 3.41. The predicted molar refractivity (Wildman–Crippen MR) is 59.5 cm³/mol. The van der Waals surface area contributed by atoms with Gasteiger partial charge in [0, 0.05) is 5.41 Å². The lowest BCUT2D eigenvalue weighted by Gasteiger charge is -2.21. The molecule has 0 aliphatic carbocycles. The van der Waals surface area contributed by atoms with E-state index in [-0.39, 0.29) is 5.41 Å². The van der Waals surface area contributed by atoms with Gasteiger partial charge in [-0.2, -0.15) is 0 Å². The Kier molecular flexibility index (Phi) is 4.21. The molecular formula is C12H21NO. The lowest BCUT2D eigenvalue weighted by atomic mass is 9.86. The summed E-state index contributed by atoms with van der Waals surface area (Å²) < 4.78 is 5.43. The standard InChI is InChI=1S/C12H21NO/c1-4-8-13-9-7-12(2,3)11-6-5-10-14-11/h5-6,10,13H,4,7-9H2,1-3H3. The first-order valence-electron chi connectivity index (χ1n) is 5.41. The molecule has 0 radical (unpaired) electrons. The summed E-state index contributed by atoms with van der Waals surface area (Å²) in [4.78, 5) is 0. The second kappa shape index (κ2) is 5.20. The monoisotopic (exact) mass is 195 g/mol. The second-order valence-corrected chi connectivity index (χ2v) is 4.36. The van der Waals surface area contributed by atoms with Crippen molar-refractivity contribution in [1.29, 1.82) is 0 Å². The Labute approximate surface area is 86.7 Å². The van der Waals surface area contributed by atoms with Crippen LogP contribution >= 0.6 is 0 Å². The summed E-state index contributed by atoms with van der Waals surface area (Å²) in [7, 11) is 0. The number of nitrogens with one attached hydrogen (secondary N) is 1. The Hall–Kier alpha value is -0.760. The zero-order valence-electron chi connectivity index (χ0n) is 9.47. The van der Waals surface area contributed by atoms with Crippen molar-refractivity contribution in [2.75, 3.05) is 13.1 Å². The van der Waals surface area contributed by atoms with Gasteiger partial charge in [0.1, 0.15) is 5.76 Å². The average molecular weight is 195 g/mol. The third-order valence-corrected chi connectivity index (χ3v) is 2.54. The third-order valence-electron chi connectivity index (χ3n) is 2.54. The Bertz CT molecular complexity index is 239. The SMILES string of the molecule is CCCNCCC(C)(C)c1ccco1. The summed E-state index contributed by atoms with van der Waals surface area (Å²) >= 11 is 0. The minimum absolute atomic E-state index is 0.143. The normalized spacial score (nSPS) is 11.9. The van der Waals surface area contributed by atoms with Gasteiger partial charge in [0.25, 0.3) is 0 Å². The van der Waals surface area contributed by atoms with Crippen LogP contribution in [0.2, 0.25) is 0 Å². The average Bonchev–Trinajstić information content (AvgIpc) is 2.65. The topological polar surface area (TPSA) is 25.2 Å². The summed E-state index contributed by atoms with van der Waals surface area (Å²) in [6.07, 6.45) is 4.05. The molecule has 0 amide bonds. The smallest absolute Gasteiger partial charge is 0.109 e. The third kappa shape index (κ3) is 3.18. The Morgan fingerprint density at radius 3 is 2.71 bits per heavy atom. The van der Waals surface area contributed by atoms with E-state index in [9.17, 15) is 0 Å². The molecular weight excluding hydrogens is 174 g/mol. The molecule has 2 nitrogen and oxygen atoms in total. The van der Waals surface area contributed by atoms with E-state index < -0.39 is 0 Å². The van der Waals surface area contributed by atoms with E-state index in [0.29, 0.717) is 0 Å². The van der Waals surface area contributed by atoms with Gasteiger partial charge in [0.2, 0.25) is 0 Å². The Balaban J connectivity index is 2.35. The van der Waals surface area contributed by atoms with E-state index in [1.54, 1.807) is 6.26 Å². The van der Waals surface area contributed by atoms with Gasteiger partial charge in [-0.3, -0.25) is 0 Å². The number of rotatable bonds is 6. The quantitative estimate of drug-likeness (QED) is 0.706. The van der Waals surface area contributed by atoms with Crippen molar-refractivity contribution in [3.8, 4) is 0 Å². The Morgan fingerprint density at radius 2 is 2.14 bits per heavy atom. The zero-order valence-corrected chi connectivity index (χ0v) is 9.47. The minimum atomic E-state index is 0.143. The molecule has 0 aliphatic heterocycles. The summed E-state index contributed by atoms with van der Waals surface area (Å²) in [5.74, 6) is 1.08. The van der Waals surface area contributed by atoms with Crippen LogP contribution in [0.3, 0.4) is 0 Å². The van der Waals surface area contributed by atoms with Crippen molar-refractivity contribution in [1.82, 2.24) is 5.32 Å². The lowest BCUT2D eigenvalue weighted by molar-refractivity contribution is 0.358. The highest BCUT2D eigenvalue weighted by molar-refractivity contribution is 5.10. The second-order valence-electron chi connectivity index (χ2n) is 4.36. The van der Waals surface area contributed by atoms with Gasteiger partial charge in [-0.15, -0.1) is 0 Å². The van der Waals surface area contributed by atoms with Gasteiger partial charge in [-0.1, -0.05) is 20.8 Å². The first-order chi connectivity index (χ1) is 6.67. The van der Waals surface area contributed by atoms with Crippen LogP contribution in [0.5, 0.6) is 0 Å². The molecule has 1 rings (SSSR count). The highest BCUT2D eigenvalue weighted by Crippen LogP contribution is 2.26. The molecule has 0 fully saturated rings. The first kappa shape index (κ1) is 11.3. The summed E-state index contributed by atoms with van der Waals surface area (Å²) in [6.45, 7) is 8.79. The predicted octanol–water partition coefficient (Wildman–Crippen LogP) is 2.95. The van der Waals surface area contributed by atoms with Crippen molar-refractivity contribution in [3.05, 3.63) is 24.2 Å². The van der Waals surface area contributed by atoms with Crippen LogP contribution in [0.25, 0.3) is 0 Å². The molecule has 0 aliphatic rings. The van der Waals surface area contributed by atoms with E-state index >= 15 is 0 Å². The first-order valence-corrected chi connectivity index (χ1v) is 5.41. The van der Waals surface area contributed by atoms with Crippen LogP contribution in [0, 0.1) is 0 Å². The van der Waals surface area contributed by atoms with Gasteiger partial charge in [-0.05, 0) is 38.1 Å². The van der Waals surface area contributed by atoms with E-state index in [4.69, 9.17) is 4.42 Å². The molecule has 1 N–H and O–H groups in total. The fourth-order valence-electron chi connectivity index (χ4n) is 1.49. The molecule has 1 aromatic heterocycles. The molecule has 2 heteroatoms. The highest BCUT2D eigenvalue weighted by Gasteiger charge is 2.22. The van der Waals surface area contributed by atoms with Crippen molar-refractivity contribution in [2.45, 2.75) is 39.0 Å². The molecule has 0 atom stereocenters. The maximum atomic E-state index is 5.43. The van der Waals surface area contributed by atoms with Crippen LogP contribution in [0.4, 0.5) is 0 Å². The molecule has 14 heavy (non-hydrogen) atoms. The largest absolute Gasteiger partial charge is 0.469 e. The van der Waals surface area contributed by atoms with E-state index in [0.717, 1.165) is 25.3 Å². The van der Waals surface area contributed by atoms with Crippen molar-refractivity contribution in [3.63, 3.8) is 0 Å². The fraction of sp³-hybridized carbons (Fsp3) is 0.667. The molecule has 0 saturated heterocycles. The number of furan rings is 1. The van der Waals surface area contributed by atoms with Crippen LogP contribution in [0.1, 0.15) is 39.4 Å². The molecule has 0 bridgehead atoms. The van der Waals surface area contributed by atoms with Crippen LogP contribution in [0.15, 0.2) is 22.8 Å². The van der Waals surface area contributed by atoms with Crippen LogP contribution in [-0.2, 0) is 5.41 Å². The molecule has 1 heterocycles. The number of hydrogen-bond acceptors (Lipinski definition) is 2. The molecule has 0 aromatic carbocycles. The number of hydrogen-bond donors (Lipinski definition) is 1. The molecule has 0 spiro atoms. The molecule has 80 valence electrons. The van der Waals surface area contributed by atoms with E-state index in [1.165, 1.54) is 6.42 Å². The van der Waals surface area contributed by atoms with Gasteiger partial charge in [-0.25, -0.2) is 0 Å². The van der Waals surface area contributed by atoms with Gasteiger partial charge in [0.15, 0.2) is 0 Å². The van der Waals surface area contributed by atoms with Gasteiger partial charge >= 0.3 is 0 Å². The highest BCUT2D eigenvalue weighted by atomic mass is 16.3. The van der Waals surface area contributed by atoms with Gasteiger partial charge < -0.3 is 9.73 Å². The van der Waals surface area contributed by atoms with E-state index in [2.05, 4.69) is 32.2 Å². The maximum Gasteiger partial charge on any atom is 0.109 e. The summed E-state index contributed by atoms with van der Waals surface area (Å²) in [6, 6.07) is 4.01. The molecule has 0 unspecified atom stereocenters. The van der Waals surface area contributed by atoms with Crippen molar-refractivity contribution in [2.24, 2.45) is 0 Å². The minimum Gasteiger partial charge on any atom is -0.469 e. The Morgan fingerprint density at radius 1 is 1.36 bits per heavy atom. The van der Waals surface area contributed by atoms with Crippen molar-refractivity contribution < 1.29 is 4.42 Å². The summed E-state index contributed by atoms with van der Waals surface area (Å²) in [5.41, 5.74) is 0.143. The molecule has 0 saturated carbocycles. The van der Waals surface area contributed by atoms with Crippen LogP contribution < -0.4 is 5.32 Å². The fourth-order valence-corrected chi connectivity index (χ4v) is 1.49. The zero-order chi connectivity index (χ0) is 10.4. The van der Waals surface area contributed by atoms with E-state index in [1.807, 2.05) is 6.07 Å². The molecule has 1 aromatic rings. The maximum absolute atomic E-state index is 5.43. The van der Waals surface area contributed by atoms with Gasteiger partial charge in [0.05, 0.1) is 6.26 Å².